The Bertz CT molecular complexity index is 800. The zero-order chi connectivity index (χ0) is 18.1. The van der Waals surface area contributed by atoms with Crippen molar-refractivity contribution in [1.29, 1.82) is 0 Å². The van der Waals surface area contributed by atoms with Crippen LogP contribution >= 0.6 is 0 Å². The Labute approximate surface area is 151 Å². The van der Waals surface area contributed by atoms with Crippen LogP contribution in [0.2, 0.25) is 0 Å². The smallest absolute Gasteiger partial charge is 0.233 e. The molecule has 2 aliphatic rings. The molecule has 1 aromatic carbocycles. The highest BCUT2D eigenvalue weighted by atomic mass is 16.2. The van der Waals surface area contributed by atoms with Gasteiger partial charge in [-0.2, -0.15) is 0 Å². The Morgan fingerprint density at radius 3 is 2.50 bits per heavy atom. The second-order valence-corrected chi connectivity index (χ2v) is 7.23. The van der Waals surface area contributed by atoms with Crippen molar-refractivity contribution in [3.05, 3.63) is 36.0 Å². The normalized spacial score (nSPS) is 22.7. The lowest BCUT2D eigenvalue weighted by Gasteiger charge is -2.19. The van der Waals surface area contributed by atoms with Gasteiger partial charge >= 0.3 is 0 Å². The van der Waals surface area contributed by atoms with E-state index in [1.807, 2.05) is 30.3 Å². The van der Waals surface area contributed by atoms with Crippen LogP contribution in [0.5, 0.6) is 0 Å². The Hall–Kier alpha value is -2.63. The van der Waals surface area contributed by atoms with Crippen molar-refractivity contribution in [2.45, 2.75) is 38.6 Å². The molecule has 1 aliphatic carbocycles. The van der Waals surface area contributed by atoms with Crippen molar-refractivity contribution in [1.82, 2.24) is 15.2 Å². The van der Waals surface area contributed by atoms with Gasteiger partial charge in [0, 0.05) is 24.2 Å². The summed E-state index contributed by atoms with van der Waals surface area (Å²) in [5, 5.41) is 3.96. The third-order valence-corrected chi connectivity index (χ3v) is 5.56. The summed E-state index contributed by atoms with van der Waals surface area (Å²) < 4.78 is 0. The molecule has 2 atom stereocenters. The van der Waals surface area contributed by atoms with Crippen molar-refractivity contribution in [3.8, 4) is 0 Å². The number of para-hydroxylation sites is 1. The molecule has 1 saturated heterocycles. The molecule has 4 rings (SSSR count). The second kappa shape index (κ2) is 6.94. The van der Waals surface area contributed by atoms with E-state index in [9.17, 15) is 14.4 Å². The standard InChI is InChI=1S/C20H23N3O3/c24-18(21-12-14-11-13-5-1-4-8-17(13)22-14)9-10-23-19(25)15-6-2-3-7-16(15)20(23)26/h1,4-5,8,11,15-16,22H,2-3,6-7,9-10,12H2,(H,21,24)/t15-,16-/m0/s1. The SMILES string of the molecule is O=C(CCN1C(=O)[C@H]2CCCC[C@@H]2C1=O)NCc1cc2ccccc2[nH]1. The zero-order valence-corrected chi connectivity index (χ0v) is 14.7. The molecule has 0 bridgehead atoms. The summed E-state index contributed by atoms with van der Waals surface area (Å²) in [7, 11) is 0. The molecule has 26 heavy (non-hydrogen) atoms. The molecule has 6 heteroatoms. The molecule has 1 aromatic heterocycles. The first-order valence-electron chi connectivity index (χ1n) is 9.32. The molecular weight excluding hydrogens is 330 g/mol. The molecule has 1 aliphatic heterocycles. The number of aromatic nitrogens is 1. The Morgan fingerprint density at radius 1 is 1.12 bits per heavy atom. The number of nitrogens with one attached hydrogen (secondary N) is 2. The lowest BCUT2D eigenvalue weighted by Crippen LogP contribution is -2.35. The second-order valence-electron chi connectivity index (χ2n) is 7.23. The molecule has 1 saturated carbocycles. The van der Waals surface area contributed by atoms with E-state index >= 15 is 0 Å². The highest BCUT2D eigenvalue weighted by Crippen LogP contribution is 2.37. The summed E-state index contributed by atoms with van der Waals surface area (Å²) in [5.74, 6) is -0.610. The van der Waals surface area contributed by atoms with E-state index in [0.717, 1.165) is 42.3 Å². The van der Waals surface area contributed by atoms with Gasteiger partial charge in [0.2, 0.25) is 17.7 Å². The van der Waals surface area contributed by atoms with Crippen molar-refractivity contribution in [3.63, 3.8) is 0 Å². The highest BCUT2D eigenvalue weighted by molar-refractivity contribution is 6.05. The minimum Gasteiger partial charge on any atom is -0.357 e. The number of aromatic amines is 1. The summed E-state index contributed by atoms with van der Waals surface area (Å²) in [6.07, 6.45) is 3.78. The van der Waals surface area contributed by atoms with E-state index in [2.05, 4.69) is 10.3 Å². The number of H-pyrrole nitrogens is 1. The van der Waals surface area contributed by atoms with Gasteiger partial charge in [0.15, 0.2) is 0 Å². The van der Waals surface area contributed by atoms with Gasteiger partial charge in [-0.15, -0.1) is 0 Å². The fraction of sp³-hybridized carbons (Fsp3) is 0.450. The number of imide groups is 1. The van der Waals surface area contributed by atoms with Gasteiger partial charge in [0.25, 0.3) is 0 Å². The highest BCUT2D eigenvalue weighted by Gasteiger charge is 2.47. The molecule has 0 unspecified atom stereocenters. The third-order valence-electron chi connectivity index (χ3n) is 5.56. The van der Waals surface area contributed by atoms with Crippen LogP contribution in [0.4, 0.5) is 0 Å². The molecule has 2 aromatic rings. The molecule has 136 valence electrons. The summed E-state index contributed by atoms with van der Waals surface area (Å²) in [6, 6.07) is 9.95. The zero-order valence-electron chi connectivity index (χ0n) is 14.7. The largest absolute Gasteiger partial charge is 0.357 e. The topological polar surface area (TPSA) is 82.3 Å². The Kier molecular flexibility index (Phi) is 4.49. The fourth-order valence-electron chi connectivity index (χ4n) is 4.18. The molecule has 6 nitrogen and oxygen atoms in total. The van der Waals surface area contributed by atoms with Gasteiger partial charge in [-0.1, -0.05) is 31.0 Å². The van der Waals surface area contributed by atoms with E-state index in [1.165, 1.54) is 4.90 Å². The van der Waals surface area contributed by atoms with Gasteiger partial charge in [0.1, 0.15) is 0 Å². The summed E-state index contributed by atoms with van der Waals surface area (Å²) in [4.78, 5) is 41.5. The molecular formula is C20H23N3O3. The lowest BCUT2D eigenvalue weighted by atomic mass is 9.81. The van der Waals surface area contributed by atoms with Crippen LogP contribution in [0.3, 0.4) is 0 Å². The predicted molar refractivity (Wildman–Crippen MR) is 96.9 cm³/mol. The van der Waals surface area contributed by atoms with E-state index < -0.39 is 0 Å². The van der Waals surface area contributed by atoms with Crippen molar-refractivity contribution < 1.29 is 14.4 Å². The summed E-state index contributed by atoms with van der Waals surface area (Å²) in [6.45, 7) is 0.587. The average Bonchev–Trinajstić information content (AvgIpc) is 3.18. The van der Waals surface area contributed by atoms with E-state index in [-0.39, 0.29) is 42.5 Å². The number of nitrogens with zero attached hydrogens (tertiary/aromatic N) is 1. The quantitative estimate of drug-likeness (QED) is 0.810. The number of likely N-dealkylation sites (tertiary alicyclic amines) is 1. The number of amides is 3. The van der Waals surface area contributed by atoms with Gasteiger partial charge in [-0.3, -0.25) is 19.3 Å². The first-order valence-corrected chi connectivity index (χ1v) is 9.32. The maximum absolute atomic E-state index is 12.4. The summed E-state index contributed by atoms with van der Waals surface area (Å²) in [5.41, 5.74) is 1.96. The number of carbonyl (C=O) groups is 3. The molecule has 2 N–H and O–H groups in total. The number of benzene rings is 1. The van der Waals surface area contributed by atoms with Gasteiger partial charge in [0.05, 0.1) is 18.4 Å². The number of hydrogen-bond acceptors (Lipinski definition) is 3. The van der Waals surface area contributed by atoms with E-state index in [1.54, 1.807) is 0 Å². The third kappa shape index (κ3) is 3.11. The number of carbonyl (C=O) groups excluding carboxylic acids is 3. The molecule has 0 spiro atoms. The maximum atomic E-state index is 12.4. The molecule has 2 fully saturated rings. The van der Waals surface area contributed by atoms with Gasteiger partial charge < -0.3 is 10.3 Å². The monoisotopic (exact) mass is 353 g/mol. The van der Waals surface area contributed by atoms with Crippen LogP contribution in [-0.2, 0) is 20.9 Å². The first-order chi connectivity index (χ1) is 12.6. The van der Waals surface area contributed by atoms with Gasteiger partial charge in [-0.05, 0) is 30.4 Å². The molecule has 3 amide bonds. The van der Waals surface area contributed by atoms with Crippen LogP contribution in [0.15, 0.2) is 30.3 Å². The maximum Gasteiger partial charge on any atom is 0.233 e. The van der Waals surface area contributed by atoms with Crippen molar-refractivity contribution >= 4 is 28.6 Å². The minimum absolute atomic E-state index is 0.0804. The van der Waals surface area contributed by atoms with Crippen LogP contribution in [0.25, 0.3) is 10.9 Å². The molecule has 2 heterocycles. The lowest BCUT2D eigenvalue weighted by molar-refractivity contribution is -0.140. The average molecular weight is 353 g/mol. The fourth-order valence-corrected chi connectivity index (χ4v) is 4.18. The summed E-state index contributed by atoms with van der Waals surface area (Å²) >= 11 is 0. The Balaban J connectivity index is 1.30. The Morgan fingerprint density at radius 2 is 1.81 bits per heavy atom. The van der Waals surface area contributed by atoms with E-state index in [4.69, 9.17) is 0 Å². The van der Waals surface area contributed by atoms with Crippen LogP contribution < -0.4 is 5.32 Å². The number of hydrogen-bond donors (Lipinski definition) is 2. The van der Waals surface area contributed by atoms with Crippen LogP contribution in [0, 0.1) is 11.8 Å². The van der Waals surface area contributed by atoms with Gasteiger partial charge in [-0.25, -0.2) is 0 Å². The van der Waals surface area contributed by atoms with E-state index in [0.29, 0.717) is 6.54 Å². The first kappa shape index (κ1) is 16.8. The van der Waals surface area contributed by atoms with Crippen LogP contribution in [-0.4, -0.2) is 34.2 Å². The number of fused-ring (bicyclic) bond motifs is 2. The number of rotatable bonds is 5. The van der Waals surface area contributed by atoms with Crippen molar-refractivity contribution in [2.24, 2.45) is 11.8 Å². The van der Waals surface area contributed by atoms with Crippen molar-refractivity contribution in [2.75, 3.05) is 6.54 Å². The molecule has 0 radical (unpaired) electrons. The predicted octanol–water partition coefficient (Wildman–Crippen LogP) is 2.35. The van der Waals surface area contributed by atoms with Crippen LogP contribution in [0.1, 0.15) is 37.8 Å². The minimum atomic E-state index is -0.154.